The van der Waals surface area contributed by atoms with Gasteiger partial charge in [-0.05, 0) is 12.1 Å². The van der Waals surface area contributed by atoms with Gasteiger partial charge in [0, 0.05) is 23.1 Å². The first kappa shape index (κ1) is 10.9. The molecule has 0 atom stereocenters. The van der Waals surface area contributed by atoms with E-state index < -0.39 is 10.1 Å². The summed E-state index contributed by atoms with van der Waals surface area (Å²) in [4.78, 5) is -0.0741. The number of hydrogen-bond donors (Lipinski definition) is 1. The van der Waals surface area contributed by atoms with Crippen LogP contribution < -0.4 is 0 Å². The van der Waals surface area contributed by atoms with Crippen LogP contribution in [0.5, 0.6) is 0 Å². The summed E-state index contributed by atoms with van der Waals surface area (Å²) in [6.07, 6.45) is 0. The molecule has 0 aromatic heterocycles. The molecule has 0 bridgehead atoms. The average Bonchev–Trinajstić information content (AvgIpc) is 1.88. The monoisotopic (exact) mass is 182 g/mol. The molecule has 0 aliphatic carbocycles. The van der Waals surface area contributed by atoms with Crippen molar-refractivity contribution in [1.29, 1.82) is 0 Å². The number of hydrogen-bond acceptors (Lipinski definition) is 2. The Kier molecular flexibility index (Phi) is 4.02. The minimum Gasteiger partial charge on any atom is -0.282 e. The van der Waals surface area contributed by atoms with E-state index in [1.807, 2.05) is 0 Å². The van der Waals surface area contributed by atoms with Crippen LogP contribution in [0.2, 0.25) is 0 Å². The summed E-state index contributed by atoms with van der Waals surface area (Å²) < 4.78 is 29.2. The molecule has 3 nitrogen and oxygen atoms in total. The van der Waals surface area contributed by atoms with Crippen molar-refractivity contribution in [1.82, 2.24) is 0 Å². The van der Waals surface area contributed by atoms with Gasteiger partial charge in [0.15, 0.2) is 0 Å². The van der Waals surface area contributed by atoms with Crippen LogP contribution in [0.1, 0.15) is 0 Å². The van der Waals surface area contributed by atoms with E-state index in [-0.39, 0.29) is 27.9 Å². The molecule has 1 aromatic rings. The molecule has 1 N–H and O–H groups in total. The van der Waals surface area contributed by atoms with Gasteiger partial charge in [-0.1, -0.05) is 18.2 Å². The van der Waals surface area contributed by atoms with Crippen LogP contribution in [0, 0.1) is 0 Å². The van der Waals surface area contributed by atoms with E-state index in [1.54, 1.807) is 18.2 Å². The van der Waals surface area contributed by atoms with E-state index in [4.69, 9.17) is 4.55 Å². The molecule has 1 aromatic carbocycles. The summed E-state index contributed by atoms with van der Waals surface area (Å²) in [5, 5.41) is 0. The highest BCUT2D eigenvalue weighted by Gasteiger charge is 2.05. The van der Waals surface area contributed by atoms with Gasteiger partial charge in [-0.15, -0.1) is 0 Å². The van der Waals surface area contributed by atoms with Crippen LogP contribution in [0.4, 0.5) is 0 Å². The van der Waals surface area contributed by atoms with Gasteiger partial charge in [0.1, 0.15) is 0 Å². The van der Waals surface area contributed by atoms with E-state index in [2.05, 4.69) is 0 Å². The zero-order valence-corrected chi connectivity index (χ0v) is 8.00. The summed E-state index contributed by atoms with van der Waals surface area (Å²) in [5.74, 6) is 0. The van der Waals surface area contributed by atoms with Crippen molar-refractivity contribution in [2.75, 3.05) is 0 Å². The molecule has 0 saturated carbocycles. The molecule has 0 aliphatic rings. The highest BCUT2D eigenvalue weighted by Crippen LogP contribution is 2.05. The third-order valence-corrected chi connectivity index (χ3v) is 1.91. The molecule has 56 valence electrons. The molecular formula is C6H6MgO3S. The lowest BCUT2D eigenvalue weighted by Crippen LogP contribution is -1.96. The highest BCUT2D eigenvalue weighted by atomic mass is 32.2. The minimum atomic E-state index is -4.00. The third kappa shape index (κ3) is 3.20. The van der Waals surface area contributed by atoms with Crippen LogP contribution in [-0.4, -0.2) is 36.0 Å². The van der Waals surface area contributed by atoms with E-state index >= 15 is 0 Å². The fraction of sp³-hybridized carbons (Fsp3) is 0. The fourth-order valence-corrected chi connectivity index (χ4v) is 1.09. The van der Waals surface area contributed by atoms with Crippen LogP contribution in [0.15, 0.2) is 35.2 Å². The Morgan fingerprint density at radius 1 is 1.09 bits per heavy atom. The Morgan fingerprint density at radius 2 is 1.55 bits per heavy atom. The number of rotatable bonds is 1. The van der Waals surface area contributed by atoms with Crippen molar-refractivity contribution in [3.8, 4) is 0 Å². The molecule has 0 amide bonds. The molecule has 11 heavy (non-hydrogen) atoms. The van der Waals surface area contributed by atoms with Crippen LogP contribution in [0.3, 0.4) is 0 Å². The molecule has 0 spiro atoms. The molecular weight excluding hydrogens is 176 g/mol. The molecule has 2 radical (unpaired) electrons. The maximum absolute atomic E-state index is 10.4. The van der Waals surface area contributed by atoms with Crippen LogP contribution in [-0.2, 0) is 10.1 Å². The van der Waals surface area contributed by atoms with Gasteiger partial charge in [-0.3, -0.25) is 4.55 Å². The zero-order valence-electron chi connectivity index (χ0n) is 5.77. The SMILES string of the molecule is O=S(=O)(O)c1ccccc1.[Mg]. The molecule has 0 heterocycles. The first-order valence-electron chi connectivity index (χ1n) is 2.63. The molecule has 1 rings (SSSR count). The minimum absolute atomic E-state index is 0. The third-order valence-electron chi connectivity index (χ3n) is 1.04. The van der Waals surface area contributed by atoms with Crippen molar-refractivity contribution in [2.45, 2.75) is 4.90 Å². The molecule has 0 unspecified atom stereocenters. The topological polar surface area (TPSA) is 54.4 Å². The maximum Gasteiger partial charge on any atom is 0.294 e. The molecule has 0 saturated heterocycles. The maximum atomic E-state index is 10.4. The van der Waals surface area contributed by atoms with Gasteiger partial charge >= 0.3 is 0 Å². The van der Waals surface area contributed by atoms with E-state index in [9.17, 15) is 8.42 Å². The first-order chi connectivity index (χ1) is 4.61. The van der Waals surface area contributed by atoms with Gasteiger partial charge in [0.25, 0.3) is 10.1 Å². The summed E-state index contributed by atoms with van der Waals surface area (Å²) in [6.45, 7) is 0. The Hall–Kier alpha value is -0.104. The predicted molar refractivity (Wildman–Crippen MR) is 42.0 cm³/mol. The molecule has 5 heteroatoms. The Bertz CT molecular complexity index is 306. The summed E-state index contributed by atoms with van der Waals surface area (Å²) in [7, 11) is -4.00. The summed E-state index contributed by atoms with van der Waals surface area (Å²) in [6, 6.07) is 7.42. The van der Waals surface area contributed by atoms with E-state index in [0.717, 1.165) is 0 Å². The largest absolute Gasteiger partial charge is 0.294 e. The Morgan fingerprint density at radius 3 is 1.82 bits per heavy atom. The van der Waals surface area contributed by atoms with Gasteiger partial charge < -0.3 is 0 Å². The number of benzene rings is 1. The van der Waals surface area contributed by atoms with Crippen molar-refractivity contribution >= 4 is 33.2 Å². The van der Waals surface area contributed by atoms with Crippen molar-refractivity contribution in [3.05, 3.63) is 30.3 Å². The van der Waals surface area contributed by atoms with Gasteiger partial charge in [0.05, 0.1) is 4.90 Å². The van der Waals surface area contributed by atoms with Crippen LogP contribution >= 0.6 is 0 Å². The smallest absolute Gasteiger partial charge is 0.282 e. The zero-order chi connectivity index (χ0) is 7.61. The lowest BCUT2D eigenvalue weighted by atomic mass is 10.4. The Balaban J connectivity index is 0.000001000. The van der Waals surface area contributed by atoms with Crippen molar-refractivity contribution < 1.29 is 13.0 Å². The van der Waals surface area contributed by atoms with Gasteiger partial charge in [-0.25, -0.2) is 0 Å². The van der Waals surface area contributed by atoms with Crippen LogP contribution in [0.25, 0.3) is 0 Å². The second-order valence-electron chi connectivity index (χ2n) is 1.79. The normalized spacial score (nSPS) is 10.3. The lowest BCUT2D eigenvalue weighted by molar-refractivity contribution is 0.483. The van der Waals surface area contributed by atoms with Crippen molar-refractivity contribution in [2.24, 2.45) is 0 Å². The highest BCUT2D eigenvalue weighted by molar-refractivity contribution is 7.85. The van der Waals surface area contributed by atoms with Gasteiger partial charge in [0.2, 0.25) is 0 Å². The average molecular weight is 182 g/mol. The predicted octanol–water partition coefficient (Wildman–Crippen LogP) is 0.553. The molecule has 0 fully saturated rings. The fourth-order valence-electron chi connectivity index (χ4n) is 0.592. The van der Waals surface area contributed by atoms with Crippen molar-refractivity contribution in [3.63, 3.8) is 0 Å². The quantitative estimate of drug-likeness (QED) is 0.510. The van der Waals surface area contributed by atoms with E-state index in [1.165, 1.54) is 12.1 Å². The second kappa shape index (κ2) is 4.06. The summed E-state index contributed by atoms with van der Waals surface area (Å²) >= 11 is 0. The lowest BCUT2D eigenvalue weighted by Gasteiger charge is -1.92. The van der Waals surface area contributed by atoms with Gasteiger partial charge in [-0.2, -0.15) is 8.42 Å². The first-order valence-corrected chi connectivity index (χ1v) is 4.07. The second-order valence-corrected chi connectivity index (χ2v) is 3.21. The summed E-state index contributed by atoms with van der Waals surface area (Å²) in [5.41, 5.74) is 0. The van der Waals surface area contributed by atoms with E-state index in [0.29, 0.717) is 0 Å². The molecule has 0 aliphatic heterocycles. The Labute approximate surface area is 81.3 Å². The standard InChI is InChI=1S/C6H6O3S.Mg/c7-10(8,9)6-4-2-1-3-5-6;/h1-5H,(H,7,8,9);.